The van der Waals surface area contributed by atoms with Gasteiger partial charge in [0.25, 0.3) is 0 Å². The molecule has 2 rings (SSSR count). The molecule has 0 radical (unpaired) electrons. The van der Waals surface area contributed by atoms with E-state index in [1.54, 1.807) is 0 Å². The molecular formula is C11H16OS. The van der Waals surface area contributed by atoms with Crippen LogP contribution in [0.4, 0.5) is 0 Å². The fourth-order valence-corrected chi connectivity index (χ4v) is 2.65. The first-order valence-electron chi connectivity index (χ1n) is 4.99. The number of thiophene rings is 1. The third kappa shape index (κ3) is 2.12. The number of ether oxygens (including phenoxy) is 1. The Balaban J connectivity index is 1.78. The maximum Gasteiger partial charge on any atom is 0.0845 e. The lowest BCUT2D eigenvalue weighted by Gasteiger charge is -1.96. The molecule has 1 aromatic heterocycles. The number of rotatable bonds is 4. The van der Waals surface area contributed by atoms with Gasteiger partial charge in [-0.1, -0.05) is 6.92 Å². The molecule has 13 heavy (non-hydrogen) atoms. The van der Waals surface area contributed by atoms with E-state index in [-0.39, 0.29) is 0 Å². The van der Waals surface area contributed by atoms with Crippen molar-refractivity contribution < 1.29 is 4.74 Å². The van der Waals surface area contributed by atoms with Gasteiger partial charge in [0.1, 0.15) is 0 Å². The maximum absolute atomic E-state index is 5.51. The Morgan fingerprint density at radius 2 is 2.31 bits per heavy atom. The number of epoxide rings is 1. The average molecular weight is 196 g/mol. The number of hydrogen-bond donors (Lipinski definition) is 0. The molecular weight excluding hydrogens is 180 g/mol. The molecule has 2 heteroatoms. The van der Waals surface area contributed by atoms with Gasteiger partial charge in [0.2, 0.25) is 0 Å². The van der Waals surface area contributed by atoms with E-state index in [2.05, 4.69) is 25.3 Å². The summed E-state index contributed by atoms with van der Waals surface area (Å²) in [5, 5.41) is 2.18. The molecule has 0 aliphatic carbocycles. The topological polar surface area (TPSA) is 12.5 Å². The van der Waals surface area contributed by atoms with Crippen LogP contribution in [0.15, 0.2) is 11.4 Å². The molecule has 1 aliphatic heterocycles. The summed E-state index contributed by atoms with van der Waals surface area (Å²) in [4.78, 5) is 1.53. The summed E-state index contributed by atoms with van der Waals surface area (Å²) in [5.41, 5.74) is 1.44. The molecule has 1 aliphatic rings. The van der Waals surface area contributed by atoms with E-state index in [0.717, 1.165) is 0 Å². The first-order chi connectivity index (χ1) is 6.31. The van der Waals surface area contributed by atoms with Crippen LogP contribution < -0.4 is 0 Å². The molecule has 1 nitrogen and oxygen atoms in total. The number of aryl methyl sites for hydroxylation is 2. The lowest BCUT2D eigenvalue weighted by molar-refractivity contribution is 0.360. The Morgan fingerprint density at radius 3 is 2.85 bits per heavy atom. The zero-order chi connectivity index (χ0) is 9.26. The van der Waals surface area contributed by atoms with Crippen molar-refractivity contribution in [3.05, 3.63) is 21.9 Å². The van der Waals surface area contributed by atoms with Gasteiger partial charge in [-0.25, -0.2) is 0 Å². The van der Waals surface area contributed by atoms with Crippen molar-refractivity contribution in [3.63, 3.8) is 0 Å². The highest BCUT2D eigenvalue weighted by Crippen LogP contribution is 2.30. The highest BCUT2D eigenvalue weighted by atomic mass is 32.1. The van der Waals surface area contributed by atoms with Crippen LogP contribution in [-0.4, -0.2) is 12.2 Å². The van der Waals surface area contributed by atoms with Crippen LogP contribution >= 0.6 is 11.3 Å². The SMILES string of the molecule is CCC1OC1CCc1sccc1C. The van der Waals surface area contributed by atoms with Gasteiger partial charge in [-0.05, 0) is 43.2 Å². The molecule has 0 bridgehead atoms. The minimum Gasteiger partial charge on any atom is -0.370 e. The summed E-state index contributed by atoms with van der Waals surface area (Å²) < 4.78 is 5.51. The van der Waals surface area contributed by atoms with Gasteiger partial charge in [0.15, 0.2) is 0 Å². The molecule has 0 aromatic carbocycles. The van der Waals surface area contributed by atoms with Crippen LogP contribution in [0.25, 0.3) is 0 Å². The Morgan fingerprint density at radius 1 is 1.46 bits per heavy atom. The summed E-state index contributed by atoms with van der Waals surface area (Å²) in [5.74, 6) is 0. The van der Waals surface area contributed by atoms with Gasteiger partial charge in [-0.15, -0.1) is 11.3 Å². The Kier molecular flexibility index (Phi) is 2.70. The van der Waals surface area contributed by atoms with Crippen molar-refractivity contribution in [3.8, 4) is 0 Å². The van der Waals surface area contributed by atoms with Gasteiger partial charge in [0, 0.05) is 4.88 Å². The van der Waals surface area contributed by atoms with Crippen molar-refractivity contribution in [2.45, 2.75) is 45.3 Å². The van der Waals surface area contributed by atoms with Gasteiger partial charge in [-0.2, -0.15) is 0 Å². The fourth-order valence-electron chi connectivity index (χ4n) is 1.73. The second-order valence-electron chi connectivity index (χ2n) is 3.69. The summed E-state index contributed by atoms with van der Waals surface area (Å²) in [7, 11) is 0. The van der Waals surface area contributed by atoms with Crippen LogP contribution in [0.3, 0.4) is 0 Å². The smallest absolute Gasteiger partial charge is 0.0845 e. The van der Waals surface area contributed by atoms with E-state index in [9.17, 15) is 0 Å². The fraction of sp³-hybridized carbons (Fsp3) is 0.636. The molecule has 72 valence electrons. The van der Waals surface area contributed by atoms with Crippen molar-refractivity contribution in [1.29, 1.82) is 0 Å². The van der Waals surface area contributed by atoms with Crippen molar-refractivity contribution in [2.24, 2.45) is 0 Å². The van der Waals surface area contributed by atoms with Crippen molar-refractivity contribution in [2.75, 3.05) is 0 Å². The molecule has 0 N–H and O–H groups in total. The van der Waals surface area contributed by atoms with E-state index >= 15 is 0 Å². The monoisotopic (exact) mass is 196 g/mol. The van der Waals surface area contributed by atoms with Crippen LogP contribution in [0.2, 0.25) is 0 Å². The van der Waals surface area contributed by atoms with Crippen LogP contribution in [0, 0.1) is 6.92 Å². The normalized spacial score (nSPS) is 26.3. The highest BCUT2D eigenvalue weighted by molar-refractivity contribution is 7.10. The molecule has 0 amide bonds. The van der Waals surface area contributed by atoms with Gasteiger partial charge >= 0.3 is 0 Å². The van der Waals surface area contributed by atoms with E-state index < -0.39 is 0 Å². The molecule has 1 saturated heterocycles. The first-order valence-corrected chi connectivity index (χ1v) is 5.87. The summed E-state index contributed by atoms with van der Waals surface area (Å²) in [6.45, 7) is 4.39. The van der Waals surface area contributed by atoms with Gasteiger partial charge in [0.05, 0.1) is 12.2 Å². The largest absolute Gasteiger partial charge is 0.370 e. The van der Waals surface area contributed by atoms with Crippen LogP contribution in [-0.2, 0) is 11.2 Å². The number of hydrogen-bond acceptors (Lipinski definition) is 2. The molecule has 1 fully saturated rings. The summed E-state index contributed by atoms with van der Waals surface area (Å²) in [6, 6.07) is 2.20. The second-order valence-corrected chi connectivity index (χ2v) is 4.69. The predicted octanol–water partition coefficient (Wildman–Crippen LogP) is 3.17. The molecule has 2 atom stereocenters. The quantitative estimate of drug-likeness (QED) is 0.674. The van der Waals surface area contributed by atoms with E-state index in [4.69, 9.17) is 4.74 Å². The first kappa shape index (κ1) is 9.22. The molecule has 2 unspecified atom stereocenters. The lowest BCUT2D eigenvalue weighted by atomic mass is 10.1. The van der Waals surface area contributed by atoms with Crippen LogP contribution in [0.5, 0.6) is 0 Å². The summed E-state index contributed by atoms with van der Waals surface area (Å²) in [6.07, 6.45) is 4.71. The molecule has 0 spiro atoms. The predicted molar refractivity (Wildman–Crippen MR) is 56.3 cm³/mol. The second kappa shape index (κ2) is 3.81. The Hall–Kier alpha value is -0.340. The summed E-state index contributed by atoms with van der Waals surface area (Å²) >= 11 is 1.87. The van der Waals surface area contributed by atoms with Gasteiger partial charge in [-0.3, -0.25) is 0 Å². The zero-order valence-corrected chi connectivity index (χ0v) is 9.06. The minimum atomic E-state index is 0.562. The Labute approximate surface area is 83.7 Å². The van der Waals surface area contributed by atoms with Gasteiger partial charge < -0.3 is 4.74 Å². The third-order valence-electron chi connectivity index (χ3n) is 2.71. The van der Waals surface area contributed by atoms with E-state index in [1.807, 2.05) is 11.3 Å². The average Bonchev–Trinajstić information content (AvgIpc) is 2.79. The van der Waals surface area contributed by atoms with E-state index in [0.29, 0.717) is 12.2 Å². The minimum absolute atomic E-state index is 0.562. The van der Waals surface area contributed by atoms with Crippen molar-refractivity contribution >= 4 is 11.3 Å². The molecule has 0 saturated carbocycles. The maximum atomic E-state index is 5.51. The van der Waals surface area contributed by atoms with Crippen LogP contribution in [0.1, 0.15) is 30.2 Å². The molecule has 1 aromatic rings. The molecule has 2 heterocycles. The highest BCUT2D eigenvalue weighted by Gasteiger charge is 2.36. The lowest BCUT2D eigenvalue weighted by Crippen LogP contribution is -1.94. The third-order valence-corrected chi connectivity index (χ3v) is 3.80. The van der Waals surface area contributed by atoms with E-state index in [1.165, 1.54) is 29.7 Å². The zero-order valence-electron chi connectivity index (χ0n) is 8.25. The van der Waals surface area contributed by atoms with Crippen molar-refractivity contribution in [1.82, 2.24) is 0 Å². The Bertz CT molecular complexity index is 279. The standard InChI is InChI=1S/C11H16OS/c1-3-9-10(12-9)4-5-11-8(2)6-7-13-11/h6-7,9-10H,3-5H2,1-2H3.